The summed E-state index contributed by atoms with van der Waals surface area (Å²) in [5.41, 5.74) is 1.13. The van der Waals surface area contributed by atoms with Crippen LogP contribution < -0.4 is 9.47 Å². The van der Waals surface area contributed by atoms with Gasteiger partial charge in [-0.05, 0) is 73.8 Å². The zero-order valence-electron chi connectivity index (χ0n) is 12.5. The predicted molar refractivity (Wildman–Crippen MR) is 104 cm³/mol. The van der Waals surface area contributed by atoms with Crippen LogP contribution in [0.15, 0.2) is 75.7 Å². The number of hydrogen-bond donors (Lipinski definition) is 0. The van der Waals surface area contributed by atoms with Crippen LogP contribution in [-0.2, 0) is 6.61 Å². The van der Waals surface area contributed by atoms with Crippen molar-refractivity contribution in [3.05, 3.63) is 86.3 Å². The van der Waals surface area contributed by atoms with E-state index in [0.717, 1.165) is 26.0 Å². The highest BCUT2D eigenvalue weighted by Gasteiger charge is 2.07. The Labute approximate surface area is 162 Å². The molecule has 0 atom stereocenters. The Morgan fingerprint density at radius 3 is 1.96 bits per heavy atom. The standard InChI is InChI=1S/C19H13Br2ClO2/c20-17-10-16(11-18(21)19(17)22)24-15-8-6-14(7-9-15)23-12-13-4-2-1-3-5-13/h1-11H,12H2. The van der Waals surface area contributed by atoms with Crippen molar-refractivity contribution >= 4 is 43.5 Å². The van der Waals surface area contributed by atoms with Crippen molar-refractivity contribution in [3.63, 3.8) is 0 Å². The van der Waals surface area contributed by atoms with Crippen LogP contribution in [0.5, 0.6) is 17.2 Å². The lowest BCUT2D eigenvalue weighted by Gasteiger charge is -2.10. The third-order valence-electron chi connectivity index (χ3n) is 3.27. The van der Waals surface area contributed by atoms with Gasteiger partial charge in [0.2, 0.25) is 0 Å². The molecule has 24 heavy (non-hydrogen) atoms. The zero-order valence-corrected chi connectivity index (χ0v) is 16.4. The number of rotatable bonds is 5. The molecule has 2 nitrogen and oxygen atoms in total. The lowest BCUT2D eigenvalue weighted by atomic mass is 10.2. The van der Waals surface area contributed by atoms with Gasteiger partial charge in [0.1, 0.15) is 23.9 Å². The molecule has 0 N–H and O–H groups in total. The molecule has 0 aromatic heterocycles. The van der Waals surface area contributed by atoms with Gasteiger partial charge >= 0.3 is 0 Å². The van der Waals surface area contributed by atoms with Crippen LogP contribution in [-0.4, -0.2) is 0 Å². The summed E-state index contributed by atoms with van der Waals surface area (Å²) in [6.45, 7) is 0.540. The average Bonchev–Trinajstić information content (AvgIpc) is 2.60. The first-order chi connectivity index (χ1) is 11.6. The van der Waals surface area contributed by atoms with Crippen molar-refractivity contribution in [2.45, 2.75) is 6.61 Å². The fourth-order valence-corrected chi connectivity index (χ4v) is 3.33. The van der Waals surface area contributed by atoms with Gasteiger partial charge in [0.25, 0.3) is 0 Å². The summed E-state index contributed by atoms with van der Waals surface area (Å²) in [7, 11) is 0. The summed E-state index contributed by atoms with van der Waals surface area (Å²) in [5.74, 6) is 2.21. The third-order valence-corrected chi connectivity index (χ3v) is 5.38. The highest BCUT2D eigenvalue weighted by Crippen LogP contribution is 2.36. The predicted octanol–water partition coefficient (Wildman–Crippen LogP) is 7.24. The molecule has 0 saturated heterocycles. The SMILES string of the molecule is Clc1c(Br)cc(Oc2ccc(OCc3ccccc3)cc2)cc1Br. The van der Waals surface area contributed by atoms with Crippen molar-refractivity contribution in [3.8, 4) is 17.2 Å². The van der Waals surface area contributed by atoms with Crippen LogP contribution in [0.25, 0.3) is 0 Å². The normalized spacial score (nSPS) is 10.5. The van der Waals surface area contributed by atoms with E-state index in [1.54, 1.807) is 0 Å². The molecule has 0 heterocycles. The van der Waals surface area contributed by atoms with Crippen LogP contribution in [0.3, 0.4) is 0 Å². The lowest BCUT2D eigenvalue weighted by molar-refractivity contribution is 0.306. The molecule has 0 bridgehead atoms. The molecule has 3 rings (SSSR count). The second kappa shape index (κ2) is 8.06. The Hall–Kier alpha value is -1.49. The van der Waals surface area contributed by atoms with Crippen molar-refractivity contribution in [1.29, 1.82) is 0 Å². The van der Waals surface area contributed by atoms with Gasteiger partial charge < -0.3 is 9.47 Å². The second-order valence-corrected chi connectivity index (χ2v) is 7.14. The lowest BCUT2D eigenvalue weighted by Crippen LogP contribution is -1.94. The highest BCUT2D eigenvalue weighted by atomic mass is 79.9. The monoisotopic (exact) mass is 466 g/mol. The molecular weight excluding hydrogens is 455 g/mol. The molecule has 0 amide bonds. The minimum atomic E-state index is 0.540. The molecule has 122 valence electrons. The van der Waals surface area contributed by atoms with E-state index in [2.05, 4.69) is 31.9 Å². The van der Waals surface area contributed by atoms with Gasteiger partial charge in [-0.15, -0.1) is 0 Å². The van der Waals surface area contributed by atoms with E-state index < -0.39 is 0 Å². The van der Waals surface area contributed by atoms with E-state index in [1.165, 1.54) is 0 Å². The van der Waals surface area contributed by atoms with E-state index in [1.807, 2.05) is 66.7 Å². The first-order valence-corrected chi connectivity index (χ1v) is 9.17. The van der Waals surface area contributed by atoms with E-state index >= 15 is 0 Å². The van der Waals surface area contributed by atoms with Gasteiger partial charge in [-0.3, -0.25) is 0 Å². The fourth-order valence-electron chi connectivity index (χ4n) is 2.07. The minimum absolute atomic E-state index is 0.540. The van der Waals surface area contributed by atoms with Crippen LogP contribution in [0.2, 0.25) is 5.02 Å². The van der Waals surface area contributed by atoms with E-state index in [-0.39, 0.29) is 0 Å². The van der Waals surface area contributed by atoms with E-state index in [0.29, 0.717) is 17.4 Å². The molecule has 0 fully saturated rings. The van der Waals surface area contributed by atoms with Gasteiger partial charge in [0.05, 0.1) is 5.02 Å². The zero-order chi connectivity index (χ0) is 16.9. The minimum Gasteiger partial charge on any atom is -0.489 e. The molecule has 5 heteroatoms. The Bertz CT molecular complexity index is 798. The van der Waals surface area contributed by atoms with Crippen molar-refractivity contribution < 1.29 is 9.47 Å². The second-order valence-electron chi connectivity index (χ2n) is 5.05. The molecule has 0 unspecified atom stereocenters. The Morgan fingerprint density at radius 2 is 1.33 bits per heavy atom. The molecule has 0 radical (unpaired) electrons. The third kappa shape index (κ3) is 4.53. The molecule has 0 aliphatic rings. The molecule has 3 aromatic carbocycles. The van der Waals surface area contributed by atoms with Gasteiger partial charge in [0.15, 0.2) is 0 Å². The topological polar surface area (TPSA) is 18.5 Å². The summed E-state index contributed by atoms with van der Waals surface area (Å²) in [5, 5.41) is 0.618. The summed E-state index contributed by atoms with van der Waals surface area (Å²) >= 11 is 12.9. The molecule has 0 saturated carbocycles. The summed E-state index contributed by atoms with van der Waals surface area (Å²) < 4.78 is 13.2. The van der Waals surface area contributed by atoms with Crippen molar-refractivity contribution in [2.75, 3.05) is 0 Å². The van der Waals surface area contributed by atoms with Crippen LogP contribution >= 0.6 is 43.5 Å². The largest absolute Gasteiger partial charge is 0.489 e. The summed E-state index contributed by atoms with van der Waals surface area (Å²) in [6.07, 6.45) is 0. The first-order valence-electron chi connectivity index (χ1n) is 7.21. The fraction of sp³-hybridized carbons (Fsp3) is 0.0526. The van der Waals surface area contributed by atoms with Crippen LogP contribution in [0.1, 0.15) is 5.56 Å². The molecule has 3 aromatic rings. The Balaban J connectivity index is 1.64. The van der Waals surface area contributed by atoms with Crippen LogP contribution in [0.4, 0.5) is 0 Å². The quantitative estimate of drug-likeness (QED) is 0.368. The van der Waals surface area contributed by atoms with Crippen molar-refractivity contribution in [1.82, 2.24) is 0 Å². The molecule has 0 aliphatic heterocycles. The van der Waals surface area contributed by atoms with Gasteiger partial charge in [-0.2, -0.15) is 0 Å². The maximum atomic E-state index is 6.09. The van der Waals surface area contributed by atoms with Gasteiger partial charge in [0, 0.05) is 8.95 Å². The molecule has 0 aliphatic carbocycles. The first kappa shape index (κ1) is 17.3. The van der Waals surface area contributed by atoms with Crippen molar-refractivity contribution in [2.24, 2.45) is 0 Å². The van der Waals surface area contributed by atoms with E-state index in [4.69, 9.17) is 21.1 Å². The van der Waals surface area contributed by atoms with Crippen LogP contribution in [0, 0.1) is 0 Å². The number of benzene rings is 3. The van der Waals surface area contributed by atoms with Gasteiger partial charge in [-0.1, -0.05) is 41.9 Å². The molecule has 0 spiro atoms. The summed E-state index contributed by atoms with van der Waals surface area (Å²) in [4.78, 5) is 0. The average molecular weight is 469 g/mol. The maximum absolute atomic E-state index is 6.09. The number of ether oxygens (including phenoxy) is 2. The van der Waals surface area contributed by atoms with E-state index in [9.17, 15) is 0 Å². The highest BCUT2D eigenvalue weighted by molar-refractivity contribution is 9.11. The Morgan fingerprint density at radius 1 is 0.750 bits per heavy atom. The maximum Gasteiger partial charge on any atom is 0.129 e. The van der Waals surface area contributed by atoms with Gasteiger partial charge in [-0.25, -0.2) is 0 Å². The smallest absolute Gasteiger partial charge is 0.129 e. The molecular formula is C19H13Br2ClO2. The Kier molecular flexibility index (Phi) is 5.82. The summed E-state index contributed by atoms with van der Waals surface area (Å²) in [6, 6.07) is 21.2. The number of hydrogen-bond acceptors (Lipinski definition) is 2. The number of halogens is 3.